The van der Waals surface area contributed by atoms with Crippen molar-refractivity contribution in [2.24, 2.45) is 0 Å². The van der Waals surface area contributed by atoms with E-state index in [1.165, 1.54) is 28.9 Å². The maximum Gasteiger partial charge on any atom is 0.241 e. The molecule has 4 nitrogen and oxygen atoms in total. The molecule has 1 saturated heterocycles. The standard InChI is InChI=1S/C19H20FN3O/c20-16-5-2-6-17(11-16)23-10-9-22(13-18(23)24)12-15-4-1-3-14-7-8-21-19(14)15/h1-6,11,21H,7-10,12-13H2. The third kappa shape index (κ3) is 2.87. The van der Waals surface area contributed by atoms with E-state index in [9.17, 15) is 9.18 Å². The van der Waals surface area contributed by atoms with Gasteiger partial charge in [-0.2, -0.15) is 0 Å². The van der Waals surface area contributed by atoms with E-state index < -0.39 is 0 Å². The van der Waals surface area contributed by atoms with Crippen LogP contribution in [0.25, 0.3) is 0 Å². The van der Waals surface area contributed by atoms with E-state index in [2.05, 4.69) is 28.4 Å². The largest absolute Gasteiger partial charge is 0.384 e. The number of fused-ring (bicyclic) bond motifs is 1. The molecule has 2 aliphatic heterocycles. The summed E-state index contributed by atoms with van der Waals surface area (Å²) in [5.41, 5.74) is 4.48. The summed E-state index contributed by atoms with van der Waals surface area (Å²) in [4.78, 5) is 16.3. The molecule has 0 bridgehead atoms. The molecule has 4 rings (SSSR count). The lowest BCUT2D eigenvalue weighted by Gasteiger charge is -2.34. The SMILES string of the molecule is O=C1CN(Cc2cccc3c2NCC3)CCN1c1cccc(F)c1. The Morgan fingerprint density at radius 1 is 1.12 bits per heavy atom. The Labute approximate surface area is 140 Å². The first-order valence-electron chi connectivity index (χ1n) is 8.33. The van der Waals surface area contributed by atoms with Crippen molar-refractivity contribution in [1.29, 1.82) is 0 Å². The van der Waals surface area contributed by atoms with Crippen LogP contribution in [0.2, 0.25) is 0 Å². The number of hydrogen-bond acceptors (Lipinski definition) is 3. The highest BCUT2D eigenvalue weighted by Crippen LogP contribution is 2.28. The maximum absolute atomic E-state index is 13.4. The van der Waals surface area contributed by atoms with Gasteiger partial charge in [0.1, 0.15) is 5.82 Å². The van der Waals surface area contributed by atoms with Crippen LogP contribution in [0.5, 0.6) is 0 Å². The van der Waals surface area contributed by atoms with E-state index in [0.717, 1.165) is 26.1 Å². The molecule has 0 unspecified atom stereocenters. The Morgan fingerprint density at radius 2 is 2.00 bits per heavy atom. The number of para-hydroxylation sites is 1. The molecule has 24 heavy (non-hydrogen) atoms. The van der Waals surface area contributed by atoms with E-state index in [-0.39, 0.29) is 11.7 Å². The normalized spacial score (nSPS) is 17.7. The summed E-state index contributed by atoms with van der Waals surface area (Å²) in [5, 5.41) is 3.45. The molecule has 2 aromatic rings. The van der Waals surface area contributed by atoms with Gasteiger partial charge in [0, 0.05) is 37.6 Å². The fourth-order valence-corrected chi connectivity index (χ4v) is 3.56. The summed E-state index contributed by atoms with van der Waals surface area (Å²) in [6.07, 6.45) is 1.06. The predicted octanol–water partition coefficient (Wildman–Crippen LogP) is 2.64. The minimum absolute atomic E-state index is 0.0207. The zero-order chi connectivity index (χ0) is 16.5. The van der Waals surface area contributed by atoms with Crippen molar-refractivity contribution in [2.75, 3.05) is 36.4 Å². The van der Waals surface area contributed by atoms with Crippen LogP contribution < -0.4 is 10.2 Å². The molecule has 1 N–H and O–H groups in total. The first-order valence-corrected chi connectivity index (χ1v) is 8.33. The van der Waals surface area contributed by atoms with E-state index in [1.807, 2.05) is 0 Å². The Kier molecular flexibility index (Phi) is 3.94. The van der Waals surface area contributed by atoms with Gasteiger partial charge in [0.2, 0.25) is 5.91 Å². The first kappa shape index (κ1) is 15.1. The first-order chi connectivity index (χ1) is 11.7. The molecule has 2 aromatic carbocycles. The highest BCUT2D eigenvalue weighted by molar-refractivity contribution is 5.95. The van der Waals surface area contributed by atoms with Crippen LogP contribution in [0.1, 0.15) is 11.1 Å². The highest BCUT2D eigenvalue weighted by Gasteiger charge is 2.26. The Bertz CT molecular complexity index is 777. The van der Waals surface area contributed by atoms with E-state index in [1.54, 1.807) is 17.0 Å². The van der Waals surface area contributed by atoms with Gasteiger partial charge in [0.15, 0.2) is 0 Å². The third-order valence-corrected chi connectivity index (χ3v) is 4.75. The van der Waals surface area contributed by atoms with Gasteiger partial charge in [-0.15, -0.1) is 0 Å². The number of benzene rings is 2. The molecule has 0 aromatic heterocycles. The summed E-state index contributed by atoms with van der Waals surface area (Å²) in [6.45, 7) is 3.48. The van der Waals surface area contributed by atoms with Crippen LogP contribution in [0, 0.1) is 5.82 Å². The number of nitrogens with zero attached hydrogens (tertiary/aromatic N) is 2. The van der Waals surface area contributed by atoms with Crippen LogP contribution in [-0.4, -0.2) is 37.0 Å². The predicted molar refractivity (Wildman–Crippen MR) is 92.7 cm³/mol. The van der Waals surface area contributed by atoms with E-state index >= 15 is 0 Å². The molecule has 0 radical (unpaired) electrons. The Hall–Kier alpha value is -2.40. The minimum atomic E-state index is -0.311. The van der Waals surface area contributed by atoms with Crippen molar-refractivity contribution in [3.63, 3.8) is 0 Å². The molecule has 2 heterocycles. The number of nitrogens with one attached hydrogen (secondary N) is 1. The second-order valence-electron chi connectivity index (χ2n) is 6.36. The fraction of sp³-hybridized carbons (Fsp3) is 0.316. The summed E-state index contributed by atoms with van der Waals surface area (Å²) >= 11 is 0. The molecule has 2 aliphatic rings. The third-order valence-electron chi connectivity index (χ3n) is 4.75. The second-order valence-corrected chi connectivity index (χ2v) is 6.36. The molecule has 1 fully saturated rings. The summed E-state index contributed by atoms with van der Waals surface area (Å²) in [5.74, 6) is -0.291. The Balaban J connectivity index is 1.46. The monoisotopic (exact) mass is 325 g/mol. The van der Waals surface area contributed by atoms with E-state index in [0.29, 0.717) is 18.8 Å². The van der Waals surface area contributed by atoms with Crippen LogP contribution in [0.4, 0.5) is 15.8 Å². The van der Waals surface area contributed by atoms with Crippen molar-refractivity contribution >= 4 is 17.3 Å². The molecule has 1 amide bonds. The van der Waals surface area contributed by atoms with Gasteiger partial charge in [-0.25, -0.2) is 4.39 Å². The molecule has 5 heteroatoms. The van der Waals surface area contributed by atoms with Gasteiger partial charge in [-0.3, -0.25) is 9.69 Å². The smallest absolute Gasteiger partial charge is 0.241 e. The number of carbonyl (C=O) groups excluding carboxylic acids is 1. The minimum Gasteiger partial charge on any atom is -0.384 e. The Morgan fingerprint density at radius 3 is 2.83 bits per heavy atom. The fourth-order valence-electron chi connectivity index (χ4n) is 3.56. The van der Waals surface area contributed by atoms with Gasteiger partial charge in [-0.05, 0) is 35.7 Å². The molecular formula is C19H20FN3O. The van der Waals surface area contributed by atoms with Gasteiger partial charge < -0.3 is 10.2 Å². The van der Waals surface area contributed by atoms with Crippen molar-refractivity contribution in [3.8, 4) is 0 Å². The van der Waals surface area contributed by atoms with Gasteiger partial charge in [-0.1, -0.05) is 24.3 Å². The van der Waals surface area contributed by atoms with Crippen LogP contribution >= 0.6 is 0 Å². The van der Waals surface area contributed by atoms with Gasteiger partial charge in [0.05, 0.1) is 6.54 Å². The lowest BCUT2D eigenvalue weighted by Crippen LogP contribution is -2.50. The van der Waals surface area contributed by atoms with Crippen molar-refractivity contribution in [2.45, 2.75) is 13.0 Å². The number of carbonyl (C=O) groups is 1. The zero-order valence-corrected chi connectivity index (χ0v) is 13.5. The summed E-state index contributed by atoms with van der Waals surface area (Å²) in [7, 11) is 0. The summed E-state index contributed by atoms with van der Waals surface area (Å²) < 4.78 is 13.4. The summed E-state index contributed by atoms with van der Waals surface area (Å²) in [6, 6.07) is 12.6. The molecular weight excluding hydrogens is 305 g/mol. The number of hydrogen-bond donors (Lipinski definition) is 1. The number of piperazine rings is 1. The highest BCUT2D eigenvalue weighted by atomic mass is 19.1. The number of rotatable bonds is 3. The van der Waals surface area contributed by atoms with Crippen molar-refractivity contribution < 1.29 is 9.18 Å². The van der Waals surface area contributed by atoms with Crippen LogP contribution in [-0.2, 0) is 17.8 Å². The van der Waals surface area contributed by atoms with Crippen LogP contribution in [0.15, 0.2) is 42.5 Å². The lowest BCUT2D eigenvalue weighted by atomic mass is 10.1. The number of amides is 1. The molecule has 0 atom stereocenters. The van der Waals surface area contributed by atoms with E-state index in [4.69, 9.17) is 0 Å². The number of halogens is 1. The van der Waals surface area contributed by atoms with Crippen LogP contribution in [0.3, 0.4) is 0 Å². The van der Waals surface area contributed by atoms with Crippen molar-refractivity contribution in [1.82, 2.24) is 4.90 Å². The molecule has 0 aliphatic carbocycles. The second kappa shape index (κ2) is 6.24. The zero-order valence-electron chi connectivity index (χ0n) is 13.5. The molecule has 124 valence electrons. The maximum atomic E-state index is 13.4. The van der Waals surface area contributed by atoms with Gasteiger partial charge in [0.25, 0.3) is 0 Å². The topological polar surface area (TPSA) is 35.6 Å². The quantitative estimate of drug-likeness (QED) is 0.942. The average Bonchev–Trinajstić information content (AvgIpc) is 3.05. The number of anilines is 2. The van der Waals surface area contributed by atoms with Gasteiger partial charge >= 0.3 is 0 Å². The average molecular weight is 325 g/mol. The molecule has 0 spiro atoms. The lowest BCUT2D eigenvalue weighted by molar-refractivity contribution is -0.121. The van der Waals surface area contributed by atoms with Crippen molar-refractivity contribution in [3.05, 3.63) is 59.4 Å². The molecule has 0 saturated carbocycles.